The molecule has 2 heterocycles. The number of anilines is 4. The molecule has 0 atom stereocenters. The lowest BCUT2D eigenvalue weighted by Crippen LogP contribution is -2.02. The van der Waals surface area contributed by atoms with Gasteiger partial charge in [-0.3, -0.25) is 0 Å². The van der Waals surface area contributed by atoms with E-state index in [-0.39, 0.29) is 0 Å². The summed E-state index contributed by atoms with van der Waals surface area (Å²) in [4.78, 5) is 17.0. The number of nitrogens with zero attached hydrogens (tertiary/aromatic N) is 5. The van der Waals surface area contributed by atoms with Crippen molar-refractivity contribution in [1.29, 1.82) is 5.26 Å². The van der Waals surface area contributed by atoms with Crippen molar-refractivity contribution < 1.29 is 4.74 Å². The van der Waals surface area contributed by atoms with Crippen molar-refractivity contribution in [3.05, 3.63) is 53.7 Å². The van der Waals surface area contributed by atoms with Crippen molar-refractivity contribution in [2.45, 2.75) is 13.8 Å². The summed E-state index contributed by atoms with van der Waals surface area (Å²) >= 11 is 0. The van der Waals surface area contributed by atoms with Gasteiger partial charge in [0.25, 0.3) is 0 Å². The van der Waals surface area contributed by atoms with E-state index >= 15 is 0 Å². The summed E-state index contributed by atoms with van der Waals surface area (Å²) in [6.07, 6.45) is 1.44. The van der Waals surface area contributed by atoms with Crippen LogP contribution in [-0.4, -0.2) is 27.0 Å². The van der Waals surface area contributed by atoms with Crippen LogP contribution in [-0.2, 0) is 0 Å². The van der Waals surface area contributed by atoms with Gasteiger partial charge in [0, 0.05) is 17.8 Å². The molecule has 0 unspecified atom stereocenters. The number of methoxy groups -OCH3 is 1. The number of aromatic nitrogens is 4. The van der Waals surface area contributed by atoms with Gasteiger partial charge in [0.15, 0.2) is 5.75 Å². The molecule has 3 rings (SSSR count). The number of nitrogens with one attached hydrogen (secondary N) is 2. The molecule has 0 amide bonds. The fourth-order valence-corrected chi connectivity index (χ4v) is 2.49. The average molecular weight is 347 g/mol. The lowest BCUT2D eigenvalue weighted by molar-refractivity contribution is 0.415. The molecule has 130 valence electrons. The molecule has 0 aliphatic heterocycles. The van der Waals surface area contributed by atoms with E-state index in [1.807, 2.05) is 26.0 Å². The molecule has 2 N–H and O–H groups in total. The molecule has 8 nitrogen and oxygen atoms in total. The second-order valence-corrected chi connectivity index (χ2v) is 5.48. The van der Waals surface area contributed by atoms with Crippen LogP contribution in [0.2, 0.25) is 0 Å². The molecule has 0 aliphatic rings. The van der Waals surface area contributed by atoms with Crippen LogP contribution in [0, 0.1) is 25.2 Å². The summed E-state index contributed by atoms with van der Waals surface area (Å²) < 4.78 is 5.33. The Morgan fingerprint density at radius 3 is 2.46 bits per heavy atom. The third-order valence-corrected chi connectivity index (χ3v) is 3.49. The highest BCUT2D eigenvalue weighted by atomic mass is 16.5. The summed E-state index contributed by atoms with van der Waals surface area (Å²) in [5.74, 6) is 2.93. The smallest absolute Gasteiger partial charge is 0.160 e. The van der Waals surface area contributed by atoms with E-state index in [0.29, 0.717) is 40.3 Å². The van der Waals surface area contributed by atoms with Crippen LogP contribution < -0.4 is 15.4 Å². The second-order valence-electron chi connectivity index (χ2n) is 5.48. The normalized spacial score (nSPS) is 10.1. The number of rotatable bonds is 5. The first-order chi connectivity index (χ1) is 12.6. The van der Waals surface area contributed by atoms with E-state index in [1.165, 1.54) is 13.4 Å². The third-order valence-electron chi connectivity index (χ3n) is 3.49. The maximum atomic E-state index is 9.19. The van der Waals surface area contributed by atoms with Gasteiger partial charge in [-0.2, -0.15) is 5.26 Å². The average Bonchev–Trinajstić information content (AvgIpc) is 2.61. The molecular formula is C18H17N7O. The molecule has 0 bridgehead atoms. The number of hydrogen-bond donors (Lipinski definition) is 2. The third kappa shape index (κ3) is 3.84. The van der Waals surface area contributed by atoms with Gasteiger partial charge in [-0.1, -0.05) is 6.07 Å². The molecular weight excluding hydrogens is 330 g/mol. The largest absolute Gasteiger partial charge is 0.493 e. The summed E-state index contributed by atoms with van der Waals surface area (Å²) in [6.45, 7) is 3.74. The maximum absolute atomic E-state index is 9.19. The van der Waals surface area contributed by atoms with Gasteiger partial charge in [0.2, 0.25) is 0 Å². The zero-order valence-corrected chi connectivity index (χ0v) is 14.6. The van der Waals surface area contributed by atoms with Gasteiger partial charge in [0.1, 0.15) is 35.7 Å². The highest BCUT2D eigenvalue weighted by molar-refractivity contribution is 5.70. The first kappa shape index (κ1) is 17.1. The number of para-hydroxylation sites is 1. The van der Waals surface area contributed by atoms with Gasteiger partial charge in [-0.05, 0) is 26.0 Å². The Labute approximate surface area is 150 Å². The topological polar surface area (TPSA) is 109 Å². The van der Waals surface area contributed by atoms with Crippen LogP contribution in [0.5, 0.6) is 5.75 Å². The van der Waals surface area contributed by atoms with E-state index in [0.717, 1.165) is 5.69 Å². The highest BCUT2D eigenvalue weighted by Crippen LogP contribution is 2.30. The van der Waals surface area contributed by atoms with Gasteiger partial charge in [-0.25, -0.2) is 19.9 Å². The van der Waals surface area contributed by atoms with Gasteiger partial charge in [0.05, 0.1) is 18.4 Å². The SMILES string of the molecule is COc1c(C#N)cccc1Nc1cc(Nc2cc(C)nc(C)n2)ncn1. The molecule has 3 aromatic rings. The van der Waals surface area contributed by atoms with E-state index < -0.39 is 0 Å². The molecule has 0 radical (unpaired) electrons. The molecule has 1 aromatic carbocycles. The van der Waals surface area contributed by atoms with Crippen LogP contribution >= 0.6 is 0 Å². The fourth-order valence-electron chi connectivity index (χ4n) is 2.49. The van der Waals surface area contributed by atoms with E-state index in [9.17, 15) is 5.26 Å². The van der Waals surface area contributed by atoms with Crippen LogP contribution in [0.4, 0.5) is 23.1 Å². The zero-order chi connectivity index (χ0) is 18.5. The van der Waals surface area contributed by atoms with Crippen molar-refractivity contribution in [3.63, 3.8) is 0 Å². The van der Waals surface area contributed by atoms with Crippen LogP contribution in [0.3, 0.4) is 0 Å². The first-order valence-electron chi connectivity index (χ1n) is 7.84. The quantitative estimate of drug-likeness (QED) is 0.724. The molecule has 26 heavy (non-hydrogen) atoms. The van der Waals surface area contributed by atoms with Crippen molar-refractivity contribution in [2.24, 2.45) is 0 Å². The number of hydrogen-bond acceptors (Lipinski definition) is 8. The van der Waals surface area contributed by atoms with Crippen LogP contribution in [0.15, 0.2) is 36.7 Å². The van der Waals surface area contributed by atoms with Crippen LogP contribution in [0.1, 0.15) is 17.1 Å². The van der Waals surface area contributed by atoms with Crippen molar-refractivity contribution >= 4 is 23.1 Å². The summed E-state index contributed by atoms with van der Waals surface area (Å²) in [6, 6.07) is 11.0. The molecule has 2 aromatic heterocycles. The lowest BCUT2D eigenvalue weighted by atomic mass is 10.2. The highest BCUT2D eigenvalue weighted by Gasteiger charge is 2.10. The monoisotopic (exact) mass is 347 g/mol. The van der Waals surface area contributed by atoms with Gasteiger partial charge in [-0.15, -0.1) is 0 Å². The maximum Gasteiger partial charge on any atom is 0.160 e. The minimum absolute atomic E-state index is 0.442. The van der Waals surface area contributed by atoms with Gasteiger partial charge < -0.3 is 15.4 Å². The standard InChI is InChI=1S/C18H17N7O/c1-11-7-17(23-12(2)22-11)25-16-8-15(20-10-21-16)24-14-6-4-5-13(9-19)18(14)26-3/h4-8,10H,1-3H3,(H2,20,21,22,23,24,25). The Bertz CT molecular complexity index is 961. The Kier molecular flexibility index (Phi) is 4.90. The summed E-state index contributed by atoms with van der Waals surface area (Å²) in [7, 11) is 1.52. The van der Waals surface area contributed by atoms with Crippen molar-refractivity contribution in [2.75, 3.05) is 17.7 Å². The summed E-state index contributed by atoms with van der Waals surface area (Å²) in [5.41, 5.74) is 1.95. The minimum atomic E-state index is 0.442. The molecule has 0 aliphatic carbocycles. The van der Waals surface area contributed by atoms with E-state index in [1.54, 1.807) is 18.2 Å². The number of benzene rings is 1. The number of nitriles is 1. The fraction of sp³-hybridized carbons (Fsp3) is 0.167. The zero-order valence-electron chi connectivity index (χ0n) is 14.6. The predicted octanol–water partition coefficient (Wildman–Crippen LogP) is 3.25. The number of aryl methyl sites for hydroxylation is 2. The Hall–Kier alpha value is -3.73. The summed E-state index contributed by atoms with van der Waals surface area (Å²) in [5, 5.41) is 15.5. The Morgan fingerprint density at radius 1 is 1.00 bits per heavy atom. The molecule has 0 saturated heterocycles. The minimum Gasteiger partial charge on any atom is -0.493 e. The Balaban J connectivity index is 1.85. The van der Waals surface area contributed by atoms with Gasteiger partial charge >= 0.3 is 0 Å². The molecule has 0 spiro atoms. The first-order valence-corrected chi connectivity index (χ1v) is 7.84. The van der Waals surface area contributed by atoms with Crippen LogP contribution in [0.25, 0.3) is 0 Å². The second kappa shape index (κ2) is 7.44. The van der Waals surface area contributed by atoms with E-state index in [4.69, 9.17) is 4.74 Å². The lowest BCUT2D eigenvalue weighted by Gasteiger charge is -2.12. The molecule has 8 heteroatoms. The van der Waals surface area contributed by atoms with Crippen molar-refractivity contribution in [1.82, 2.24) is 19.9 Å². The predicted molar refractivity (Wildman–Crippen MR) is 97.8 cm³/mol. The molecule has 0 fully saturated rings. The Morgan fingerprint density at radius 2 is 1.77 bits per heavy atom. The van der Waals surface area contributed by atoms with E-state index in [2.05, 4.69) is 36.6 Å². The van der Waals surface area contributed by atoms with Crippen molar-refractivity contribution in [3.8, 4) is 11.8 Å². The molecule has 0 saturated carbocycles. The number of ether oxygens (including phenoxy) is 1.